The summed E-state index contributed by atoms with van der Waals surface area (Å²) in [6.45, 7) is 4.10. The van der Waals surface area contributed by atoms with Gasteiger partial charge in [0.1, 0.15) is 0 Å². The largest absolute Gasteiger partial charge is 0.478 e. The van der Waals surface area contributed by atoms with Crippen molar-refractivity contribution >= 4 is 12.0 Å². The first-order valence-electron chi connectivity index (χ1n) is 9.44. The summed E-state index contributed by atoms with van der Waals surface area (Å²) in [7, 11) is 0. The van der Waals surface area contributed by atoms with Crippen LogP contribution in [0, 0.1) is 0 Å². The molecule has 2 aromatic rings. The Bertz CT molecular complexity index is 795. The van der Waals surface area contributed by atoms with Crippen LogP contribution in [0.2, 0.25) is 0 Å². The Hall–Kier alpha value is -2.39. The lowest BCUT2D eigenvalue weighted by atomic mass is 9.84. The van der Waals surface area contributed by atoms with E-state index in [9.17, 15) is 9.90 Å². The molecule has 26 heavy (non-hydrogen) atoms. The molecule has 0 saturated heterocycles. The molecule has 1 aliphatic rings. The van der Waals surface area contributed by atoms with E-state index in [1.54, 1.807) is 0 Å². The fraction of sp³-hybridized carbons (Fsp3) is 0.348. The number of hydrogen-bond donors (Lipinski definition) is 2. The lowest BCUT2D eigenvalue weighted by Crippen LogP contribution is -2.36. The van der Waals surface area contributed by atoms with Gasteiger partial charge in [0, 0.05) is 17.7 Å². The van der Waals surface area contributed by atoms with Gasteiger partial charge in [-0.25, -0.2) is 4.79 Å². The Kier molecular flexibility index (Phi) is 5.89. The topological polar surface area (TPSA) is 49.3 Å². The van der Waals surface area contributed by atoms with E-state index in [4.69, 9.17) is 0 Å². The fourth-order valence-corrected chi connectivity index (χ4v) is 3.81. The molecule has 3 nitrogen and oxygen atoms in total. The van der Waals surface area contributed by atoms with Gasteiger partial charge in [-0.05, 0) is 60.9 Å². The van der Waals surface area contributed by atoms with Crippen LogP contribution in [0.4, 0.5) is 0 Å². The maximum absolute atomic E-state index is 11.3. The van der Waals surface area contributed by atoms with Crippen LogP contribution < -0.4 is 5.32 Å². The van der Waals surface area contributed by atoms with Gasteiger partial charge in [0.05, 0.1) is 0 Å². The van der Waals surface area contributed by atoms with Gasteiger partial charge in [-0.1, -0.05) is 55.5 Å². The van der Waals surface area contributed by atoms with Crippen LogP contribution in [0.1, 0.15) is 55.0 Å². The van der Waals surface area contributed by atoms with E-state index in [2.05, 4.69) is 42.6 Å². The minimum Gasteiger partial charge on any atom is -0.478 e. The van der Waals surface area contributed by atoms with Gasteiger partial charge in [-0.15, -0.1) is 0 Å². The molecule has 1 aliphatic carbocycles. The summed E-state index contributed by atoms with van der Waals surface area (Å²) >= 11 is 0. The van der Waals surface area contributed by atoms with E-state index in [1.807, 2.05) is 31.2 Å². The highest BCUT2D eigenvalue weighted by Gasteiger charge is 2.22. The maximum atomic E-state index is 11.3. The molecule has 0 amide bonds. The summed E-state index contributed by atoms with van der Waals surface area (Å²) in [5, 5.41) is 13.1. The third-order valence-electron chi connectivity index (χ3n) is 5.29. The minimum atomic E-state index is -0.822. The quantitative estimate of drug-likeness (QED) is 0.738. The molecule has 136 valence electrons. The lowest BCUT2D eigenvalue weighted by molar-refractivity contribution is -0.132. The Morgan fingerprint density at radius 1 is 1.23 bits per heavy atom. The predicted molar refractivity (Wildman–Crippen MR) is 106 cm³/mol. The SMILES string of the molecule is CC/C(=C\c1cccc2c1CCC(N[C@H](C)c1ccccc1)C2)C(=O)O. The molecule has 3 rings (SSSR count). The van der Waals surface area contributed by atoms with E-state index in [0.29, 0.717) is 24.1 Å². The van der Waals surface area contributed by atoms with Crippen LogP contribution in [0.15, 0.2) is 54.1 Å². The Labute approximate surface area is 155 Å². The second kappa shape index (κ2) is 8.33. The standard InChI is InChI=1S/C23H27NO2/c1-3-17(23(25)26)14-19-10-7-11-20-15-21(12-13-22(19)20)24-16(2)18-8-5-4-6-9-18/h4-11,14,16,21,24H,3,12-13,15H2,1-2H3,(H,25,26)/b17-14+/t16-,21?/m1/s1. The van der Waals surface area contributed by atoms with Gasteiger partial charge in [-0.2, -0.15) is 0 Å². The first kappa shape index (κ1) is 18.4. The zero-order valence-corrected chi connectivity index (χ0v) is 15.5. The molecule has 1 unspecified atom stereocenters. The summed E-state index contributed by atoms with van der Waals surface area (Å²) in [4.78, 5) is 11.3. The average Bonchev–Trinajstić information content (AvgIpc) is 2.66. The van der Waals surface area contributed by atoms with E-state index >= 15 is 0 Å². The fourth-order valence-electron chi connectivity index (χ4n) is 3.81. The van der Waals surface area contributed by atoms with Crippen molar-refractivity contribution in [2.24, 2.45) is 0 Å². The molecule has 2 aromatic carbocycles. The number of nitrogens with one attached hydrogen (secondary N) is 1. The van der Waals surface area contributed by atoms with E-state index < -0.39 is 5.97 Å². The molecule has 0 fully saturated rings. The van der Waals surface area contributed by atoms with Crippen molar-refractivity contribution in [3.8, 4) is 0 Å². The van der Waals surface area contributed by atoms with Crippen LogP contribution >= 0.6 is 0 Å². The Morgan fingerprint density at radius 2 is 2.00 bits per heavy atom. The summed E-state index contributed by atoms with van der Waals surface area (Å²) < 4.78 is 0. The summed E-state index contributed by atoms with van der Waals surface area (Å²) in [6, 6.07) is 17.6. The summed E-state index contributed by atoms with van der Waals surface area (Å²) in [5.74, 6) is -0.822. The van der Waals surface area contributed by atoms with Gasteiger partial charge in [-0.3, -0.25) is 0 Å². The maximum Gasteiger partial charge on any atom is 0.331 e. The zero-order valence-electron chi connectivity index (χ0n) is 15.5. The molecule has 0 radical (unpaired) electrons. The van der Waals surface area contributed by atoms with Gasteiger partial charge >= 0.3 is 5.97 Å². The third-order valence-corrected chi connectivity index (χ3v) is 5.29. The first-order chi connectivity index (χ1) is 12.6. The van der Waals surface area contributed by atoms with E-state index in [0.717, 1.165) is 24.8 Å². The second-order valence-electron chi connectivity index (χ2n) is 7.05. The lowest BCUT2D eigenvalue weighted by Gasteiger charge is -2.29. The molecular weight excluding hydrogens is 322 g/mol. The van der Waals surface area contributed by atoms with Gasteiger partial charge in [0.15, 0.2) is 0 Å². The Balaban J connectivity index is 1.75. The zero-order chi connectivity index (χ0) is 18.5. The summed E-state index contributed by atoms with van der Waals surface area (Å²) in [5.41, 5.74) is 5.49. The molecule has 0 aromatic heterocycles. The molecule has 0 heterocycles. The summed E-state index contributed by atoms with van der Waals surface area (Å²) in [6.07, 6.45) is 5.43. The molecule has 0 saturated carbocycles. The van der Waals surface area contributed by atoms with Crippen LogP contribution in [0.25, 0.3) is 6.08 Å². The number of benzene rings is 2. The van der Waals surface area contributed by atoms with Crippen molar-refractivity contribution in [2.75, 3.05) is 0 Å². The monoisotopic (exact) mass is 349 g/mol. The van der Waals surface area contributed by atoms with Crippen molar-refractivity contribution in [3.63, 3.8) is 0 Å². The number of carbonyl (C=O) groups is 1. The number of carboxylic acids is 1. The predicted octanol–water partition coefficient (Wildman–Crippen LogP) is 4.77. The van der Waals surface area contributed by atoms with E-state index in [-0.39, 0.29) is 0 Å². The van der Waals surface area contributed by atoms with Gasteiger partial charge in [0.2, 0.25) is 0 Å². The van der Waals surface area contributed by atoms with Crippen molar-refractivity contribution in [2.45, 2.75) is 51.6 Å². The number of rotatable bonds is 6. The van der Waals surface area contributed by atoms with Crippen molar-refractivity contribution in [1.82, 2.24) is 5.32 Å². The van der Waals surface area contributed by atoms with Crippen molar-refractivity contribution in [3.05, 3.63) is 76.4 Å². The van der Waals surface area contributed by atoms with Gasteiger partial charge < -0.3 is 10.4 Å². The van der Waals surface area contributed by atoms with Crippen LogP contribution in [-0.2, 0) is 17.6 Å². The highest BCUT2D eigenvalue weighted by molar-refractivity contribution is 5.92. The van der Waals surface area contributed by atoms with Crippen molar-refractivity contribution in [1.29, 1.82) is 0 Å². The van der Waals surface area contributed by atoms with Crippen LogP contribution in [-0.4, -0.2) is 17.1 Å². The number of hydrogen-bond acceptors (Lipinski definition) is 2. The number of carboxylic acid groups (broad SMARTS) is 1. The molecule has 2 atom stereocenters. The molecule has 3 heteroatoms. The number of aliphatic carboxylic acids is 1. The Morgan fingerprint density at radius 3 is 2.69 bits per heavy atom. The average molecular weight is 349 g/mol. The van der Waals surface area contributed by atoms with Crippen LogP contribution in [0.3, 0.4) is 0 Å². The molecule has 0 bridgehead atoms. The minimum absolute atomic E-state index is 0.324. The van der Waals surface area contributed by atoms with Crippen molar-refractivity contribution < 1.29 is 9.90 Å². The third kappa shape index (κ3) is 4.23. The smallest absolute Gasteiger partial charge is 0.331 e. The first-order valence-corrected chi connectivity index (χ1v) is 9.44. The molecular formula is C23H27NO2. The second-order valence-corrected chi connectivity index (χ2v) is 7.05. The highest BCUT2D eigenvalue weighted by atomic mass is 16.4. The normalized spacial score (nSPS) is 18.2. The molecule has 0 aliphatic heterocycles. The van der Waals surface area contributed by atoms with E-state index in [1.165, 1.54) is 16.7 Å². The number of fused-ring (bicyclic) bond motifs is 1. The van der Waals surface area contributed by atoms with Gasteiger partial charge in [0.25, 0.3) is 0 Å². The molecule has 2 N–H and O–H groups in total. The molecule has 0 spiro atoms. The highest BCUT2D eigenvalue weighted by Crippen LogP contribution is 2.28. The van der Waals surface area contributed by atoms with Crippen LogP contribution in [0.5, 0.6) is 0 Å².